The average molecular weight is 213 g/mol. The molecule has 4 heteroatoms. The average Bonchev–Trinajstić information content (AvgIpc) is 2.13. The van der Waals surface area contributed by atoms with Gasteiger partial charge in [0.2, 0.25) is 5.91 Å². The monoisotopic (exact) mass is 213 g/mol. The summed E-state index contributed by atoms with van der Waals surface area (Å²) < 4.78 is 0. The highest BCUT2D eigenvalue weighted by Gasteiger charge is 2.22. The SMILES string of the molecule is C=CCCCC(=O)NC(C(=O)O)C(C)C. The van der Waals surface area contributed by atoms with Gasteiger partial charge in [0.1, 0.15) is 6.04 Å². The minimum atomic E-state index is -0.984. The van der Waals surface area contributed by atoms with Gasteiger partial charge in [-0.15, -0.1) is 6.58 Å². The second-order valence-electron chi connectivity index (χ2n) is 3.81. The fraction of sp³-hybridized carbons (Fsp3) is 0.636. The minimum Gasteiger partial charge on any atom is -0.480 e. The Morgan fingerprint density at radius 2 is 2.07 bits per heavy atom. The molecule has 0 aliphatic rings. The number of nitrogens with one attached hydrogen (secondary N) is 1. The minimum absolute atomic E-state index is 0.106. The molecule has 0 aromatic rings. The highest BCUT2D eigenvalue weighted by Crippen LogP contribution is 2.03. The first-order chi connectivity index (χ1) is 6.99. The summed E-state index contributed by atoms with van der Waals surface area (Å²) in [5.74, 6) is -1.30. The number of unbranched alkanes of at least 4 members (excludes halogenated alkanes) is 1. The van der Waals surface area contributed by atoms with E-state index in [1.165, 1.54) is 0 Å². The molecule has 0 heterocycles. The Bertz CT molecular complexity index is 236. The molecular weight excluding hydrogens is 194 g/mol. The fourth-order valence-electron chi connectivity index (χ4n) is 1.17. The van der Waals surface area contributed by atoms with Gasteiger partial charge in [-0.25, -0.2) is 4.79 Å². The Labute approximate surface area is 90.4 Å². The van der Waals surface area contributed by atoms with Crippen LogP contribution in [0, 0.1) is 5.92 Å². The van der Waals surface area contributed by atoms with Crippen molar-refractivity contribution in [3.8, 4) is 0 Å². The van der Waals surface area contributed by atoms with E-state index in [0.717, 1.165) is 6.42 Å². The van der Waals surface area contributed by atoms with Crippen LogP contribution >= 0.6 is 0 Å². The smallest absolute Gasteiger partial charge is 0.326 e. The first kappa shape index (κ1) is 13.7. The lowest BCUT2D eigenvalue weighted by Gasteiger charge is -2.17. The van der Waals surface area contributed by atoms with Crippen LogP contribution in [0.2, 0.25) is 0 Å². The molecule has 0 aromatic carbocycles. The molecule has 1 atom stereocenters. The van der Waals surface area contributed by atoms with E-state index in [0.29, 0.717) is 12.8 Å². The third-order valence-electron chi connectivity index (χ3n) is 2.06. The quantitative estimate of drug-likeness (QED) is 0.498. The van der Waals surface area contributed by atoms with Crippen LogP contribution in [0.25, 0.3) is 0 Å². The van der Waals surface area contributed by atoms with Crippen molar-refractivity contribution in [1.82, 2.24) is 5.32 Å². The summed E-state index contributed by atoms with van der Waals surface area (Å²) in [7, 11) is 0. The lowest BCUT2D eigenvalue weighted by molar-refractivity contribution is -0.143. The maximum atomic E-state index is 11.3. The summed E-state index contributed by atoms with van der Waals surface area (Å²) in [6.45, 7) is 7.08. The number of hydrogen-bond acceptors (Lipinski definition) is 2. The standard InChI is InChI=1S/C11H19NO3/c1-4-5-6-7-9(13)12-10(8(2)3)11(14)15/h4,8,10H,1,5-7H2,2-3H3,(H,12,13)(H,14,15). The van der Waals surface area contributed by atoms with Crippen molar-refractivity contribution in [1.29, 1.82) is 0 Å². The molecule has 0 rings (SSSR count). The van der Waals surface area contributed by atoms with Crippen LogP contribution < -0.4 is 5.32 Å². The maximum absolute atomic E-state index is 11.3. The van der Waals surface area contributed by atoms with Gasteiger partial charge < -0.3 is 10.4 Å². The molecule has 1 unspecified atom stereocenters. The van der Waals surface area contributed by atoms with E-state index < -0.39 is 12.0 Å². The van der Waals surface area contributed by atoms with Crippen LogP contribution in [-0.4, -0.2) is 23.0 Å². The van der Waals surface area contributed by atoms with Crippen molar-refractivity contribution in [2.45, 2.75) is 39.2 Å². The molecule has 0 spiro atoms. The molecule has 15 heavy (non-hydrogen) atoms. The van der Waals surface area contributed by atoms with Crippen LogP contribution in [-0.2, 0) is 9.59 Å². The van der Waals surface area contributed by atoms with Gasteiger partial charge in [0.05, 0.1) is 0 Å². The number of carboxylic acids is 1. The van der Waals surface area contributed by atoms with Gasteiger partial charge in [0, 0.05) is 6.42 Å². The summed E-state index contributed by atoms with van der Waals surface area (Å²) >= 11 is 0. The van der Waals surface area contributed by atoms with Crippen LogP contribution in [0.5, 0.6) is 0 Å². The fourth-order valence-corrected chi connectivity index (χ4v) is 1.17. The predicted octanol–water partition coefficient (Wildman–Crippen LogP) is 1.57. The van der Waals surface area contributed by atoms with E-state index in [1.54, 1.807) is 19.9 Å². The van der Waals surface area contributed by atoms with E-state index in [9.17, 15) is 9.59 Å². The van der Waals surface area contributed by atoms with Crippen LogP contribution in [0.15, 0.2) is 12.7 Å². The van der Waals surface area contributed by atoms with Crippen LogP contribution in [0.3, 0.4) is 0 Å². The molecular formula is C11H19NO3. The molecule has 0 saturated carbocycles. The molecule has 0 saturated heterocycles. The third kappa shape index (κ3) is 5.88. The lowest BCUT2D eigenvalue weighted by atomic mass is 10.0. The number of carbonyl (C=O) groups is 2. The van der Waals surface area contributed by atoms with E-state index in [-0.39, 0.29) is 11.8 Å². The summed E-state index contributed by atoms with van der Waals surface area (Å²) in [6, 6.07) is -0.791. The van der Waals surface area contributed by atoms with Crippen molar-refractivity contribution in [2.75, 3.05) is 0 Å². The van der Waals surface area contributed by atoms with Gasteiger partial charge in [0.15, 0.2) is 0 Å². The van der Waals surface area contributed by atoms with Gasteiger partial charge in [-0.1, -0.05) is 19.9 Å². The topological polar surface area (TPSA) is 66.4 Å². The summed E-state index contributed by atoms with van der Waals surface area (Å²) in [5, 5.41) is 11.3. The van der Waals surface area contributed by atoms with Gasteiger partial charge >= 0.3 is 5.97 Å². The van der Waals surface area contributed by atoms with Crippen molar-refractivity contribution in [3.05, 3.63) is 12.7 Å². The Kier molecular flexibility index (Phi) is 6.42. The first-order valence-electron chi connectivity index (χ1n) is 5.12. The Morgan fingerprint density at radius 3 is 2.47 bits per heavy atom. The summed E-state index contributed by atoms with van der Waals surface area (Å²) in [5.41, 5.74) is 0. The molecule has 1 amide bonds. The third-order valence-corrected chi connectivity index (χ3v) is 2.06. The van der Waals surface area contributed by atoms with E-state index in [1.807, 2.05) is 0 Å². The van der Waals surface area contributed by atoms with Crippen molar-refractivity contribution >= 4 is 11.9 Å². The number of carbonyl (C=O) groups excluding carboxylic acids is 1. The number of carboxylic acid groups (broad SMARTS) is 1. The van der Waals surface area contributed by atoms with Crippen molar-refractivity contribution in [2.24, 2.45) is 5.92 Å². The second-order valence-corrected chi connectivity index (χ2v) is 3.81. The molecule has 2 N–H and O–H groups in total. The number of allylic oxidation sites excluding steroid dienone is 1. The normalized spacial score (nSPS) is 12.2. The van der Waals surface area contributed by atoms with Crippen molar-refractivity contribution in [3.63, 3.8) is 0 Å². The maximum Gasteiger partial charge on any atom is 0.326 e. The molecule has 0 radical (unpaired) electrons. The number of amides is 1. The van der Waals surface area contributed by atoms with Crippen LogP contribution in [0.4, 0.5) is 0 Å². The van der Waals surface area contributed by atoms with E-state index in [4.69, 9.17) is 5.11 Å². The van der Waals surface area contributed by atoms with Gasteiger partial charge in [-0.2, -0.15) is 0 Å². The van der Waals surface area contributed by atoms with Gasteiger partial charge in [-0.3, -0.25) is 4.79 Å². The molecule has 0 aliphatic heterocycles. The van der Waals surface area contributed by atoms with Gasteiger partial charge in [-0.05, 0) is 18.8 Å². The highest BCUT2D eigenvalue weighted by atomic mass is 16.4. The molecule has 0 bridgehead atoms. The lowest BCUT2D eigenvalue weighted by Crippen LogP contribution is -2.44. The Balaban J connectivity index is 4.00. The van der Waals surface area contributed by atoms with E-state index in [2.05, 4.69) is 11.9 Å². The number of aliphatic carboxylic acids is 1. The first-order valence-corrected chi connectivity index (χ1v) is 5.12. The predicted molar refractivity (Wildman–Crippen MR) is 58.5 cm³/mol. The zero-order valence-electron chi connectivity index (χ0n) is 9.32. The zero-order chi connectivity index (χ0) is 11.8. The van der Waals surface area contributed by atoms with Gasteiger partial charge in [0.25, 0.3) is 0 Å². The number of rotatable bonds is 7. The second kappa shape index (κ2) is 7.04. The molecule has 0 aromatic heterocycles. The molecule has 86 valence electrons. The largest absolute Gasteiger partial charge is 0.480 e. The summed E-state index contributed by atoms with van der Waals surface area (Å²) in [6.07, 6.45) is 3.57. The summed E-state index contributed by atoms with van der Waals surface area (Å²) in [4.78, 5) is 22.1. The Hall–Kier alpha value is -1.32. The molecule has 0 fully saturated rings. The van der Waals surface area contributed by atoms with Crippen molar-refractivity contribution < 1.29 is 14.7 Å². The molecule has 4 nitrogen and oxygen atoms in total. The zero-order valence-corrected chi connectivity index (χ0v) is 9.32. The van der Waals surface area contributed by atoms with Crippen LogP contribution in [0.1, 0.15) is 33.1 Å². The van der Waals surface area contributed by atoms with E-state index >= 15 is 0 Å². The highest BCUT2D eigenvalue weighted by molar-refractivity contribution is 5.83. The Morgan fingerprint density at radius 1 is 1.47 bits per heavy atom. The number of hydrogen-bond donors (Lipinski definition) is 2. The molecule has 0 aliphatic carbocycles.